The van der Waals surface area contributed by atoms with Crippen LogP contribution >= 0.6 is 0 Å². The quantitative estimate of drug-likeness (QED) is 0.487. The lowest BCUT2D eigenvalue weighted by atomic mass is 9.64. The molecule has 1 amide bonds. The Labute approximate surface area is 228 Å². The zero-order chi connectivity index (χ0) is 27.7. The van der Waals surface area contributed by atoms with Crippen LogP contribution in [0.4, 0.5) is 0 Å². The van der Waals surface area contributed by atoms with Gasteiger partial charge in [-0.25, -0.2) is 0 Å². The van der Waals surface area contributed by atoms with Gasteiger partial charge in [0, 0.05) is 51.2 Å². The molecule has 0 spiro atoms. The second-order valence-electron chi connectivity index (χ2n) is 10.0. The van der Waals surface area contributed by atoms with Gasteiger partial charge in [0.25, 0.3) is 0 Å². The van der Waals surface area contributed by atoms with Gasteiger partial charge in [-0.1, -0.05) is 6.08 Å². The number of aliphatic hydroxyl groups is 2. The summed E-state index contributed by atoms with van der Waals surface area (Å²) in [6.07, 6.45) is 0.784. The molecule has 2 N–H and O–H groups in total. The highest BCUT2D eigenvalue weighted by atomic mass is 16.7. The van der Waals surface area contributed by atoms with Crippen molar-refractivity contribution in [1.29, 1.82) is 0 Å². The normalized spacial score (nSPS) is 24.2. The van der Waals surface area contributed by atoms with E-state index in [9.17, 15) is 15.0 Å². The molecule has 0 unspecified atom stereocenters. The second kappa shape index (κ2) is 11.3. The van der Waals surface area contributed by atoms with E-state index >= 15 is 0 Å². The lowest BCUT2D eigenvalue weighted by Gasteiger charge is -2.44. The molecule has 2 heterocycles. The topological polar surface area (TPSA) is 110 Å². The van der Waals surface area contributed by atoms with Crippen molar-refractivity contribution >= 4 is 5.91 Å². The Bertz CT molecular complexity index is 1200. The average molecular weight is 541 g/mol. The third kappa shape index (κ3) is 4.77. The third-order valence-corrected chi connectivity index (χ3v) is 8.07. The van der Waals surface area contributed by atoms with Crippen molar-refractivity contribution in [1.82, 2.24) is 9.80 Å². The predicted octanol–water partition coefficient (Wildman–Crippen LogP) is 2.17. The predicted molar refractivity (Wildman–Crippen MR) is 143 cm³/mol. The number of rotatable bonds is 8. The summed E-state index contributed by atoms with van der Waals surface area (Å²) in [5.74, 6) is 0.241. The smallest absolute Gasteiger partial charge is 0.231 e. The highest BCUT2D eigenvalue weighted by Crippen LogP contribution is 2.54. The molecular formula is C29H36N2O8. The SMILES string of the molecule is C=CCN1CCN(C(=O)[C@@H]2[C@H](c3cc(OC)c(OC)c(OC)c3)c3cc4c(cc3[C@H](O)[C@H]2CO)OCO4)CC1. The first-order valence-electron chi connectivity index (χ1n) is 13.1. The van der Waals surface area contributed by atoms with Gasteiger partial charge in [0.2, 0.25) is 18.4 Å². The summed E-state index contributed by atoms with van der Waals surface area (Å²) in [4.78, 5) is 18.4. The fourth-order valence-electron chi connectivity index (χ4n) is 6.12. The lowest BCUT2D eigenvalue weighted by molar-refractivity contribution is -0.143. The van der Waals surface area contributed by atoms with E-state index < -0.39 is 23.9 Å². The maximum Gasteiger partial charge on any atom is 0.231 e. The van der Waals surface area contributed by atoms with Crippen LogP contribution < -0.4 is 23.7 Å². The number of benzene rings is 2. The van der Waals surface area contributed by atoms with E-state index in [2.05, 4.69) is 11.5 Å². The molecule has 10 heteroatoms. The number of carbonyl (C=O) groups excluding carboxylic acids is 1. The number of aliphatic hydroxyl groups excluding tert-OH is 2. The summed E-state index contributed by atoms with van der Waals surface area (Å²) in [5.41, 5.74) is 2.06. The minimum Gasteiger partial charge on any atom is -0.493 e. The Kier molecular flexibility index (Phi) is 7.88. The van der Waals surface area contributed by atoms with Crippen molar-refractivity contribution in [3.63, 3.8) is 0 Å². The molecule has 1 saturated heterocycles. The Morgan fingerprint density at radius 3 is 2.15 bits per heavy atom. The molecule has 0 bridgehead atoms. The number of fused-ring (bicyclic) bond motifs is 2. The molecule has 0 saturated carbocycles. The van der Waals surface area contributed by atoms with E-state index in [0.717, 1.165) is 30.8 Å². The van der Waals surface area contributed by atoms with Gasteiger partial charge in [-0.05, 0) is 41.0 Å². The van der Waals surface area contributed by atoms with Gasteiger partial charge in [-0.15, -0.1) is 6.58 Å². The van der Waals surface area contributed by atoms with Crippen LogP contribution in [0.2, 0.25) is 0 Å². The van der Waals surface area contributed by atoms with Gasteiger partial charge in [0.15, 0.2) is 23.0 Å². The Hall–Kier alpha value is -3.47. The van der Waals surface area contributed by atoms with Crippen LogP contribution in [0.3, 0.4) is 0 Å². The monoisotopic (exact) mass is 540 g/mol. The van der Waals surface area contributed by atoms with E-state index in [-0.39, 0.29) is 19.3 Å². The average Bonchev–Trinajstić information content (AvgIpc) is 3.43. The first kappa shape index (κ1) is 27.1. The number of hydrogen-bond donors (Lipinski definition) is 2. The van der Waals surface area contributed by atoms with Crippen molar-refractivity contribution in [2.75, 3.05) is 67.5 Å². The molecule has 0 aromatic heterocycles. The maximum atomic E-state index is 14.3. The van der Waals surface area contributed by atoms with Crippen LogP contribution in [0, 0.1) is 11.8 Å². The number of nitrogens with zero attached hydrogens (tertiary/aromatic N) is 2. The van der Waals surface area contributed by atoms with Crippen molar-refractivity contribution in [2.45, 2.75) is 12.0 Å². The van der Waals surface area contributed by atoms with Crippen molar-refractivity contribution in [3.05, 3.63) is 53.6 Å². The molecule has 210 valence electrons. The molecule has 0 radical (unpaired) electrons. The number of amides is 1. The van der Waals surface area contributed by atoms with E-state index in [1.807, 2.05) is 29.2 Å². The molecule has 4 atom stereocenters. The molecule has 10 nitrogen and oxygen atoms in total. The first-order valence-corrected chi connectivity index (χ1v) is 13.1. The van der Waals surface area contributed by atoms with E-state index in [1.54, 1.807) is 20.3 Å². The second-order valence-corrected chi connectivity index (χ2v) is 10.0. The number of methoxy groups -OCH3 is 3. The highest BCUT2D eigenvalue weighted by molar-refractivity contribution is 5.82. The van der Waals surface area contributed by atoms with Gasteiger partial charge in [-0.3, -0.25) is 9.69 Å². The number of ether oxygens (including phenoxy) is 5. The lowest BCUT2D eigenvalue weighted by Crippen LogP contribution is -2.53. The Morgan fingerprint density at radius 2 is 1.62 bits per heavy atom. The number of hydrogen-bond acceptors (Lipinski definition) is 9. The minimum atomic E-state index is -1.08. The van der Waals surface area contributed by atoms with Crippen molar-refractivity contribution < 1.29 is 38.7 Å². The van der Waals surface area contributed by atoms with Crippen LogP contribution in [0.15, 0.2) is 36.9 Å². The van der Waals surface area contributed by atoms with Crippen molar-refractivity contribution in [2.24, 2.45) is 11.8 Å². The van der Waals surface area contributed by atoms with Crippen LogP contribution in [-0.2, 0) is 4.79 Å². The van der Waals surface area contributed by atoms with E-state index in [1.165, 1.54) is 7.11 Å². The summed E-state index contributed by atoms with van der Waals surface area (Å²) >= 11 is 0. The molecule has 1 fully saturated rings. The fraction of sp³-hybridized carbons (Fsp3) is 0.483. The van der Waals surface area contributed by atoms with Gasteiger partial charge in [0.1, 0.15) is 0 Å². The Morgan fingerprint density at radius 1 is 1.00 bits per heavy atom. The standard InChI is InChI=1S/C29H36N2O8/c1-5-6-30-7-9-31(10-8-30)29(34)26-20(15-32)27(33)19-14-22-21(38-16-39-22)13-18(19)25(26)17-11-23(35-2)28(37-4)24(12-17)36-3/h5,11-14,20,25-27,32-33H,1,6-10,15-16H2,2-4H3/t20-,25+,26-,27-/m0/s1. The number of piperazine rings is 1. The molecule has 3 aliphatic rings. The van der Waals surface area contributed by atoms with Crippen LogP contribution in [-0.4, -0.2) is 93.4 Å². The minimum absolute atomic E-state index is 0.0734. The number of carbonyl (C=O) groups is 1. The van der Waals surface area contributed by atoms with Crippen LogP contribution in [0.25, 0.3) is 0 Å². The molecule has 39 heavy (non-hydrogen) atoms. The van der Waals surface area contributed by atoms with Gasteiger partial charge in [0.05, 0.1) is 33.4 Å². The fourth-order valence-corrected chi connectivity index (χ4v) is 6.12. The maximum absolute atomic E-state index is 14.3. The summed E-state index contributed by atoms with van der Waals surface area (Å²) in [6, 6.07) is 7.25. The Balaban J connectivity index is 1.65. The zero-order valence-electron chi connectivity index (χ0n) is 22.6. The molecule has 2 aliphatic heterocycles. The molecule has 5 rings (SSSR count). The van der Waals surface area contributed by atoms with Crippen LogP contribution in [0.1, 0.15) is 28.7 Å². The highest BCUT2D eigenvalue weighted by Gasteiger charge is 2.49. The van der Waals surface area contributed by atoms with Crippen LogP contribution in [0.5, 0.6) is 28.7 Å². The van der Waals surface area contributed by atoms with E-state index in [0.29, 0.717) is 47.4 Å². The molecular weight excluding hydrogens is 504 g/mol. The summed E-state index contributed by atoms with van der Waals surface area (Å²) < 4.78 is 28.1. The zero-order valence-corrected chi connectivity index (χ0v) is 22.6. The third-order valence-electron chi connectivity index (χ3n) is 8.07. The van der Waals surface area contributed by atoms with Gasteiger partial charge < -0.3 is 38.8 Å². The molecule has 2 aromatic rings. The summed E-state index contributed by atoms with van der Waals surface area (Å²) in [7, 11) is 4.62. The summed E-state index contributed by atoms with van der Waals surface area (Å²) in [6.45, 7) is 6.82. The van der Waals surface area contributed by atoms with Gasteiger partial charge in [-0.2, -0.15) is 0 Å². The molecule has 1 aliphatic carbocycles. The van der Waals surface area contributed by atoms with Crippen molar-refractivity contribution in [3.8, 4) is 28.7 Å². The largest absolute Gasteiger partial charge is 0.493 e. The summed E-state index contributed by atoms with van der Waals surface area (Å²) in [5, 5.41) is 22.1. The first-order chi connectivity index (χ1) is 18.9. The van der Waals surface area contributed by atoms with E-state index in [4.69, 9.17) is 23.7 Å². The van der Waals surface area contributed by atoms with Gasteiger partial charge >= 0.3 is 0 Å². The molecule has 2 aromatic carbocycles.